The summed E-state index contributed by atoms with van der Waals surface area (Å²) < 4.78 is 26.3. The molecule has 0 spiro atoms. The number of hydrogen-bond acceptors (Lipinski definition) is 10. The Morgan fingerprint density at radius 2 is 1.75 bits per heavy atom. The summed E-state index contributed by atoms with van der Waals surface area (Å²) in [6, 6.07) is 20.4. The maximum atomic E-state index is 14.4. The number of carbonyl (C=O) groups excluding carboxylic acids is 2. The Bertz CT molecular complexity index is 2010. The van der Waals surface area contributed by atoms with E-state index in [4.69, 9.17) is 28.9 Å². The lowest BCUT2D eigenvalue weighted by Crippen LogP contribution is -2.70. The van der Waals surface area contributed by atoms with Gasteiger partial charge in [-0.3, -0.25) is 9.59 Å². The van der Waals surface area contributed by atoms with Crippen LogP contribution < -0.4 is 14.2 Å². The fourth-order valence-corrected chi connectivity index (χ4v) is 9.70. The minimum atomic E-state index is -1.31. The van der Waals surface area contributed by atoms with Crippen LogP contribution in [-0.2, 0) is 21.0 Å². The van der Waals surface area contributed by atoms with Crippen molar-refractivity contribution < 1.29 is 43.6 Å². The van der Waals surface area contributed by atoms with Gasteiger partial charge < -0.3 is 38.9 Å². The minimum Gasteiger partial charge on any atom is -0.496 e. The van der Waals surface area contributed by atoms with E-state index < -0.39 is 17.7 Å². The normalized spacial score (nSPS) is 24.6. The largest absolute Gasteiger partial charge is 0.496 e. The first-order valence-electron chi connectivity index (χ1n) is 21.7. The van der Waals surface area contributed by atoms with Crippen LogP contribution >= 0.6 is 0 Å². The number of carbonyl (C=O) groups is 2. The van der Waals surface area contributed by atoms with Gasteiger partial charge in [0.2, 0.25) is 11.7 Å². The molecule has 7 rings (SSSR count). The van der Waals surface area contributed by atoms with Crippen molar-refractivity contribution in [3.8, 4) is 23.0 Å². The lowest BCUT2D eigenvalue weighted by molar-refractivity contribution is -0.257. The Morgan fingerprint density at radius 3 is 2.45 bits per heavy atom. The highest BCUT2D eigenvalue weighted by atomic mass is 16.7. The second kappa shape index (κ2) is 20.1. The van der Waals surface area contributed by atoms with Gasteiger partial charge in [0, 0.05) is 43.6 Å². The number of methoxy groups -OCH3 is 1. The van der Waals surface area contributed by atoms with Crippen molar-refractivity contribution in [2.75, 3.05) is 33.5 Å². The lowest BCUT2D eigenvalue weighted by atomic mass is 9.55. The van der Waals surface area contributed by atoms with Crippen LogP contribution in [0.4, 0.5) is 0 Å². The maximum absolute atomic E-state index is 14.4. The van der Waals surface area contributed by atoms with Gasteiger partial charge in [-0.1, -0.05) is 67.4 Å². The Kier molecular flexibility index (Phi) is 14.4. The molecule has 6 unspecified atom stereocenters. The van der Waals surface area contributed by atoms with Crippen LogP contribution in [0.25, 0.3) is 0 Å². The summed E-state index contributed by atoms with van der Waals surface area (Å²) in [6.07, 6.45) is 12.3. The number of amides is 1. The van der Waals surface area contributed by atoms with Crippen molar-refractivity contribution in [1.82, 2.24) is 4.90 Å². The van der Waals surface area contributed by atoms with E-state index >= 15 is 0 Å². The fourth-order valence-electron chi connectivity index (χ4n) is 9.70. The van der Waals surface area contributed by atoms with Crippen LogP contribution in [-0.4, -0.2) is 78.3 Å². The molecular formula is C49H60N2O9. The summed E-state index contributed by atoms with van der Waals surface area (Å²) in [5.41, 5.74) is 4.08. The molecule has 0 radical (unpaired) electrons. The Balaban J connectivity index is 1.42. The summed E-state index contributed by atoms with van der Waals surface area (Å²) >= 11 is 0. The molecule has 0 saturated heterocycles. The van der Waals surface area contributed by atoms with E-state index in [0.717, 1.165) is 73.6 Å². The molecule has 1 heterocycles. The molecule has 0 aromatic heterocycles. The van der Waals surface area contributed by atoms with E-state index in [-0.39, 0.29) is 56.0 Å². The molecule has 3 aromatic carbocycles. The molecule has 1 aliphatic heterocycles. The topological polar surface area (TPSA) is 136 Å². The summed E-state index contributed by atoms with van der Waals surface area (Å²) in [5, 5.41) is 24.8. The number of aldehydes is 1. The molecule has 2 fully saturated rings. The number of benzene rings is 3. The molecule has 6 atom stereocenters. The van der Waals surface area contributed by atoms with E-state index in [2.05, 4.69) is 19.6 Å². The summed E-state index contributed by atoms with van der Waals surface area (Å²) in [6.45, 7) is 7.36. The molecule has 0 bridgehead atoms. The summed E-state index contributed by atoms with van der Waals surface area (Å²) in [7, 11) is 1.52. The third-order valence-corrected chi connectivity index (χ3v) is 12.5. The number of aliphatic hydroxyl groups is 2. The number of ether oxygens (including phenoxy) is 4. The van der Waals surface area contributed by atoms with Gasteiger partial charge in [-0.15, -0.1) is 6.58 Å². The van der Waals surface area contributed by atoms with Gasteiger partial charge in [-0.05, 0) is 104 Å². The fraction of sp³-hybridized carbons (Fsp3) is 0.490. The van der Waals surface area contributed by atoms with Gasteiger partial charge in [-0.2, -0.15) is 0 Å². The third kappa shape index (κ3) is 9.18. The monoisotopic (exact) mass is 820 g/mol. The molecule has 11 nitrogen and oxygen atoms in total. The van der Waals surface area contributed by atoms with Crippen LogP contribution in [0.15, 0.2) is 96.2 Å². The number of fused-ring (bicyclic) bond motifs is 2. The first-order chi connectivity index (χ1) is 29.4. The predicted octanol–water partition coefficient (Wildman–Crippen LogP) is 8.78. The second-order valence-corrected chi connectivity index (χ2v) is 16.5. The molecule has 2 N–H and O–H groups in total. The quantitative estimate of drug-likeness (QED) is 0.0441. The standard InChI is InChI=1S/C49H60N2O9/c1-4-23-51(48(55)34-17-18-34)45-30-42(50-58-32-33-13-7-6-8-14-33)40-28-35(15-9-11-24-52)39(16-10-12-25-53)46-41-29-38(59-37-19-21-43(56-3)36(27-37)31-54)20-22-44(41)60-49(45,47(40)46)57-26-5-2/h5-8,13-14,19-22,27-29,31,34-35,39,45-47,52-53H,2,4,9-12,15-18,23-26,30,32H2,1,3H3. The van der Waals surface area contributed by atoms with Crippen molar-refractivity contribution >= 4 is 17.9 Å². The summed E-state index contributed by atoms with van der Waals surface area (Å²) in [5.74, 6) is 0.498. The zero-order valence-corrected chi connectivity index (χ0v) is 35.0. The van der Waals surface area contributed by atoms with Crippen LogP contribution in [0.1, 0.15) is 98.5 Å². The van der Waals surface area contributed by atoms with Crippen LogP contribution in [0, 0.1) is 23.7 Å². The Morgan fingerprint density at radius 1 is 1.00 bits per heavy atom. The zero-order valence-electron chi connectivity index (χ0n) is 35.0. The minimum absolute atomic E-state index is 0.0304. The van der Waals surface area contributed by atoms with Crippen LogP contribution in [0.2, 0.25) is 0 Å². The average molecular weight is 821 g/mol. The Hall–Kier alpha value is -4.97. The van der Waals surface area contributed by atoms with E-state index in [9.17, 15) is 19.8 Å². The van der Waals surface area contributed by atoms with Crippen molar-refractivity contribution in [2.45, 2.75) is 95.5 Å². The number of oxime groups is 1. The molecule has 4 aliphatic rings. The van der Waals surface area contributed by atoms with Gasteiger partial charge in [0.25, 0.3) is 0 Å². The first-order valence-corrected chi connectivity index (χ1v) is 21.7. The molecule has 3 aliphatic carbocycles. The Labute approximate surface area is 354 Å². The van der Waals surface area contributed by atoms with Gasteiger partial charge >= 0.3 is 0 Å². The van der Waals surface area contributed by atoms with Gasteiger partial charge in [0.1, 0.15) is 35.6 Å². The van der Waals surface area contributed by atoms with Crippen molar-refractivity contribution in [3.05, 3.63) is 108 Å². The number of nitrogens with zero attached hydrogens (tertiary/aromatic N) is 2. The predicted molar refractivity (Wildman–Crippen MR) is 229 cm³/mol. The second-order valence-electron chi connectivity index (χ2n) is 16.5. The van der Waals surface area contributed by atoms with Crippen molar-refractivity contribution in [2.24, 2.45) is 28.8 Å². The average Bonchev–Trinajstić information content (AvgIpc) is 4.13. The van der Waals surface area contributed by atoms with Crippen molar-refractivity contribution in [1.29, 1.82) is 0 Å². The highest BCUT2D eigenvalue weighted by Gasteiger charge is 2.65. The smallest absolute Gasteiger partial charge is 0.239 e. The number of rotatable bonds is 22. The first kappa shape index (κ1) is 43.1. The van der Waals surface area contributed by atoms with Gasteiger partial charge in [0.05, 0.1) is 30.9 Å². The van der Waals surface area contributed by atoms with Gasteiger partial charge in [-0.25, -0.2) is 0 Å². The van der Waals surface area contributed by atoms with E-state index in [0.29, 0.717) is 54.4 Å². The van der Waals surface area contributed by atoms with Crippen molar-refractivity contribution in [3.63, 3.8) is 0 Å². The van der Waals surface area contributed by atoms with E-state index in [1.54, 1.807) is 24.3 Å². The van der Waals surface area contributed by atoms with Crippen LogP contribution in [0.3, 0.4) is 0 Å². The molecule has 11 heteroatoms. The van der Waals surface area contributed by atoms with E-state index in [1.807, 2.05) is 53.4 Å². The third-order valence-electron chi connectivity index (χ3n) is 12.5. The number of aliphatic hydroxyl groups excluding tert-OH is 2. The SMILES string of the molecule is C=CCOC12Oc3ccc(Oc4ccc(OC)c(C=O)c4)cc3C3C(CCCCO)C(CCCCO)C=C(C(=NOCc4ccccc4)CC1N(CCC)C(=O)C1CC1)C32. The number of hydrogen-bond donors (Lipinski definition) is 2. The highest BCUT2D eigenvalue weighted by molar-refractivity contribution is 6.03. The number of unbranched alkanes of at least 4 members (excludes halogenated alkanes) is 2. The maximum Gasteiger partial charge on any atom is 0.239 e. The summed E-state index contributed by atoms with van der Waals surface area (Å²) in [4.78, 5) is 34.6. The zero-order chi connectivity index (χ0) is 42.1. The molecule has 60 heavy (non-hydrogen) atoms. The highest BCUT2D eigenvalue weighted by Crippen LogP contribution is 2.62. The molecule has 3 aromatic rings. The molecule has 1 amide bonds. The molecule has 320 valence electrons. The molecular weight excluding hydrogens is 761 g/mol. The van der Waals surface area contributed by atoms with Gasteiger partial charge in [0.15, 0.2) is 6.29 Å². The molecule has 2 saturated carbocycles. The number of allylic oxidation sites excluding steroid dienone is 1. The van der Waals surface area contributed by atoms with Crippen LogP contribution in [0.5, 0.6) is 23.0 Å². The lowest BCUT2D eigenvalue weighted by Gasteiger charge is -2.60. The van der Waals surface area contributed by atoms with E-state index in [1.165, 1.54) is 7.11 Å².